The first-order chi connectivity index (χ1) is 27.3. The molecule has 2 heteroatoms. The van der Waals surface area contributed by atoms with Crippen LogP contribution in [0.1, 0.15) is 167 Å². The van der Waals surface area contributed by atoms with Crippen molar-refractivity contribution in [3.63, 3.8) is 0 Å². The van der Waals surface area contributed by atoms with Gasteiger partial charge < -0.3 is 0 Å². The standard InChI is InChI=1S/2C28H42O/c2*1-18(2)19(3)7-8-20(4)24-11-12-25-23-10-9-21-17-22(29)13-15-27(21,5)26(23)14-16-28(24,25)6/h7-8,10,17-20,24-26H,9,11-16H2,1-6H3;7-10,17-20,23-26H,11-16H2,1-6H3/b2*8-7+. The molecule has 4 saturated carbocycles. The molecule has 320 valence electrons. The molecule has 0 saturated heterocycles. The van der Waals surface area contributed by atoms with Crippen LogP contribution in [0.3, 0.4) is 0 Å². The van der Waals surface area contributed by atoms with Gasteiger partial charge in [0.25, 0.3) is 0 Å². The van der Waals surface area contributed by atoms with E-state index in [-0.39, 0.29) is 10.8 Å². The van der Waals surface area contributed by atoms with E-state index < -0.39 is 0 Å². The molecule has 0 aromatic heterocycles. The SMILES string of the molecule is CC(C)C(C)/C=C/C(C)C1CCC2C3=CCC4=CC(=O)CCC4(C)C3CCC21C.CC(C)C(C)/C=C/C(C)C1CCC2C3C=CC4=CC(=O)CCC4(C)C3CCC12C. The molecule has 8 aliphatic carbocycles. The highest BCUT2D eigenvalue weighted by atomic mass is 16.1. The Morgan fingerprint density at radius 1 is 0.586 bits per heavy atom. The molecule has 0 aromatic carbocycles. The van der Waals surface area contributed by atoms with Crippen molar-refractivity contribution in [3.05, 3.63) is 71.4 Å². The summed E-state index contributed by atoms with van der Waals surface area (Å²) in [5, 5.41) is 0. The van der Waals surface area contributed by atoms with Crippen LogP contribution in [0.15, 0.2) is 71.4 Å². The fourth-order valence-electron chi connectivity index (χ4n) is 15.1. The van der Waals surface area contributed by atoms with E-state index in [1.807, 2.05) is 12.2 Å². The Kier molecular flexibility index (Phi) is 12.5. The van der Waals surface area contributed by atoms with Gasteiger partial charge in [-0.3, -0.25) is 9.59 Å². The number of hydrogen-bond acceptors (Lipinski definition) is 2. The monoisotopic (exact) mass is 789 g/mol. The molecule has 0 amide bonds. The predicted octanol–water partition coefficient (Wildman–Crippen LogP) is 14.9. The lowest BCUT2D eigenvalue weighted by Gasteiger charge is -2.56. The first-order valence-electron chi connectivity index (χ1n) is 24.6. The lowest BCUT2D eigenvalue weighted by atomic mass is 9.48. The highest BCUT2D eigenvalue weighted by molar-refractivity contribution is 5.92. The fraction of sp³-hybridized carbons (Fsp3) is 0.750. The Balaban J connectivity index is 0.000000177. The minimum absolute atomic E-state index is 0.227. The van der Waals surface area contributed by atoms with E-state index in [1.54, 1.807) is 5.57 Å². The van der Waals surface area contributed by atoms with E-state index >= 15 is 0 Å². The summed E-state index contributed by atoms with van der Waals surface area (Å²) in [7, 11) is 0. The molecule has 8 aliphatic rings. The van der Waals surface area contributed by atoms with Crippen molar-refractivity contribution in [2.45, 2.75) is 167 Å². The third-order valence-corrected chi connectivity index (χ3v) is 19.9. The van der Waals surface area contributed by atoms with Crippen LogP contribution in [0.5, 0.6) is 0 Å². The topological polar surface area (TPSA) is 34.1 Å². The smallest absolute Gasteiger partial charge is 0.156 e. The summed E-state index contributed by atoms with van der Waals surface area (Å²) in [6.45, 7) is 29.1. The van der Waals surface area contributed by atoms with Crippen LogP contribution in [-0.2, 0) is 9.59 Å². The van der Waals surface area contributed by atoms with Crippen molar-refractivity contribution in [2.75, 3.05) is 0 Å². The second-order valence-electron chi connectivity index (χ2n) is 23.4. The minimum atomic E-state index is 0.227. The lowest BCUT2D eigenvalue weighted by molar-refractivity contribution is -0.117. The summed E-state index contributed by atoms with van der Waals surface area (Å²) in [5.41, 5.74) is 5.93. The number of fused-ring (bicyclic) bond motifs is 10. The van der Waals surface area contributed by atoms with Gasteiger partial charge >= 0.3 is 0 Å². The summed E-state index contributed by atoms with van der Waals surface area (Å²) in [4.78, 5) is 24.0. The average molecular weight is 789 g/mol. The normalized spacial score (nSPS) is 42.6. The van der Waals surface area contributed by atoms with Gasteiger partial charge in [-0.1, -0.05) is 137 Å². The molecule has 0 spiro atoms. The van der Waals surface area contributed by atoms with Crippen molar-refractivity contribution in [1.82, 2.24) is 0 Å². The van der Waals surface area contributed by atoms with Crippen molar-refractivity contribution in [2.24, 2.45) is 98.6 Å². The zero-order valence-corrected chi connectivity index (χ0v) is 39.2. The highest BCUT2D eigenvalue weighted by Gasteiger charge is 2.59. The van der Waals surface area contributed by atoms with Gasteiger partial charge in [0.05, 0.1) is 0 Å². The second-order valence-corrected chi connectivity index (χ2v) is 23.4. The number of ketones is 2. The Morgan fingerprint density at radius 3 is 1.79 bits per heavy atom. The summed E-state index contributed by atoms with van der Waals surface area (Å²) in [6.07, 6.45) is 37.0. The number of carbonyl (C=O) groups excluding carboxylic acids is 2. The maximum absolute atomic E-state index is 12.0. The molecule has 0 N–H and O–H groups in total. The molecule has 15 atom stereocenters. The van der Waals surface area contributed by atoms with Crippen LogP contribution >= 0.6 is 0 Å². The zero-order valence-electron chi connectivity index (χ0n) is 39.2. The van der Waals surface area contributed by atoms with E-state index in [2.05, 4.69) is 126 Å². The van der Waals surface area contributed by atoms with Crippen LogP contribution < -0.4 is 0 Å². The molecule has 0 radical (unpaired) electrons. The molecule has 8 rings (SSSR count). The van der Waals surface area contributed by atoms with E-state index in [9.17, 15) is 9.59 Å². The number of allylic oxidation sites excluding steroid dienone is 12. The number of hydrogen-bond donors (Lipinski definition) is 0. The van der Waals surface area contributed by atoms with E-state index in [4.69, 9.17) is 0 Å². The third-order valence-electron chi connectivity index (χ3n) is 19.9. The van der Waals surface area contributed by atoms with Crippen molar-refractivity contribution in [3.8, 4) is 0 Å². The summed E-state index contributed by atoms with van der Waals surface area (Å²) < 4.78 is 0. The quantitative estimate of drug-likeness (QED) is 0.230. The van der Waals surface area contributed by atoms with Gasteiger partial charge in [0, 0.05) is 12.8 Å². The number of carbonyl (C=O) groups is 2. The van der Waals surface area contributed by atoms with Gasteiger partial charge in [0.1, 0.15) is 0 Å². The van der Waals surface area contributed by atoms with Crippen LogP contribution in [0.4, 0.5) is 0 Å². The van der Waals surface area contributed by atoms with E-state index in [0.717, 1.165) is 73.5 Å². The zero-order chi connectivity index (χ0) is 41.9. The van der Waals surface area contributed by atoms with Gasteiger partial charge in [-0.15, -0.1) is 0 Å². The van der Waals surface area contributed by atoms with Crippen molar-refractivity contribution in [1.29, 1.82) is 0 Å². The Hall–Kier alpha value is -2.22. The molecular weight excluding hydrogens is 705 g/mol. The van der Waals surface area contributed by atoms with E-state index in [0.29, 0.717) is 57.9 Å². The largest absolute Gasteiger partial charge is 0.295 e. The molecule has 0 heterocycles. The van der Waals surface area contributed by atoms with E-state index in [1.165, 1.54) is 62.5 Å². The maximum atomic E-state index is 12.0. The van der Waals surface area contributed by atoms with Gasteiger partial charge in [0.15, 0.2) is 11.6 Å². The third kappa shape index (κ3) is 7.67. The Labute approximate surface area is 356 Å². The fourth-order valence-corrected chi connectivity index (χ4v) is 15.1. The van der Waals surface area contributed by atoms with Gasteiger partial charge in [-0.05, 0) is 187 Å². The second kappa shape index (κ2) is 16.6. The lowest BCUT2D eigenvalue weighted by Crippen LogP contribution is -2.49. The molecule has 0 bridgehead atoms. The highest BCUT2D eigenvalue weighted by Crippen LogP contribution is 2.68. The van der Waals surface area contributed by atoms with Gasteiger partial charge in [-0.25, -0.2) is 0 Å². The molecule has 4 fully saturated rings. The predicted molar refractivity (Wildman–Crippen MR) is 245 cm³/mol. The van der Waals surface area contributed by atoms with Crippen molar-refractivity contribution < 1.29 is 9.59 Å². The van der Waals surface area contributed by atoms with Crippen molar-refractivity contribution >= 4 is 11.6 Å². The molecule has 0 aromatic rings. The first kappa shape index (κ1) is 43.9. The van der Waals surface area contributed by atoms with Gasteiger partial charge in [0.2, 0.25) is 0 Å². The molecule has 0 aliphatic heterocycles. The molecule has 58 heavy (non-hydrogen) atoms. The Bertz CT molecular complexity index is 1740. The minimum Gasteiger partial charge on any atom is -0.295 e. The van der Waals surface area contributed by atoms with Gasteiger partial charge in [-0.2, -0.15) is 0 Å². The van der Waals surface area contributed by atoms with Crippen LogP contribution in [0.2, 0.25) is 0 Å². The van der Waals surface area contributed by atoms with Crippen LogP contribution in [-0.4, -0.2) is 11.6 Å². The van der Waals surface area contributed by atoms with Crippen LogP contribution in [0.25, 0.3) is 0 Å². The summed E-state index contributed by atoms with van der Waals surface area (Å²) in [5.74, 6) is 10.1. The Morgan fingerprint density at radius 2 is 1.16 bits per heavy atom. The summed E-state index contributed by atoms with van der Waals surface area (Å²) in [6, 6.07) is 0. The molecule has 2 nitrogen and oxygen atoms in total. The first-order valence-corrected chi connectivity index (χ1v) is 24.6. The molecule has 15 unspecified atom stereocenters. The molecular formula is C56H84O2. The number of rotatable bonds is 8. The summed E-state index contributed by atoms with van der Waals surface area (Å²) >= 11 is 0. The average Bonchev–Trinajstić information content (AvgIpc) is 3.73. The maximum Gasteiger partial charge on any atom is 0.156 e. The van der Waals surface area contributed by atoms with Crippen LogP contribution in [0, 0.1) is 98.6 Å².